The molecule has 2 N–H and O–H groups in total. The van der Waals surface area contributed by atoms with Gasteiger partial charge in [-0.05, 0) is 61.0 Å². The smallest absolute Gasteiger partial charge is 0.262 e. The third kappa shape index (κ3) is 7.62. The number of ether oxygens (including phenoxy) is 2. The van der Waals surface area contributed by atoms with E-state index in [1.54, 1.807) is 12.1 Å². The van der Waals surface area contributed by atoms with Crippen LogP contribution in [-0.2, 0) is 9.59 Å². The first-order valence-electron chi connectivity index (χ1n) is 11.9. The van der Waals surface area contributed by atoms with E-state index in [4.69, 9.17) is 9.47 Å². The summed E-state index contributed by atoms with van der Waals surface area (Å²) >= 11 is 1.43. The normalized spacial score (nSPS) is 11.3. The topological polar surface area (TPSA) is 76.7 Å². The van der Waals surface area contributed by atoms with Gasteiger partial charge in [0.1, 0.15) is 16.7 Å². The Morgan fingerprint density at radius 3 is 2.11 bits per heavy atom. The number of hydrogen-bond donors (Lipinski definition) is 2. The number of hydrogen-bond acceptors (Lipinski definition) is 5. The highest BCUT2D eigenvalue weighted by Crippen LogP contribution is 2.37. The molecule has 4 rings (SSSR count). The summed E-state index contributed by atoms with van der Waals surface area (Å²) in [5.41, 5.74) is 2.17. The van der Waals surface area contributed by atoms with Crippen LogP contribution in [0.3, 0.4) is 0 Å². The van der Waals surface area contributed by atoms with Gasteiger partial charge >= 0.3 is 0 Å². The first-order chi connectivity index (χ1) is 18.1. The van der Waals surface area contributed by atoms with Crippen LogP contribution in [0.15, 0.2) is 114 Å². The molecule has 0 heterocycles. The largest absolute Gasteiger partial charge is 0.492 e. The van der Waals surface area contributed by atoms with Crippen LogP contribution in [0, 0.1) is 0 Å². The van der Waals surface area contributed by atoms with Gasteiger partial charge in [-0.15, -0.1) is 11.8 Å². The number of para-hydroxylation sites is 3. The van der Waals surface area contributed by atoms with E-state index >= 15 is 0 Å². The fourth-order valence-corrected chi connectivity index (χ4v) is 4.59. The van der Waals surface area contributed by atoms with E-state index in [2.05, 4.69) is 10.6 Å². The molecule has 0 fully saturated rings. The zero-order chi connectivity index (χ0) is 25.9. The predicted molar refractivity (Wildman–Crippen MR) is 148 cm³/mol. The summed E-state index contributed by atoms with van der Waals surface area (Å²) in [6.07, 6.45) is 0. The second-order valence-electron chi connectivity index (χ2n) is 8.00. The molecule has 0 aliphatic rings. The van der Waals surface area contributed by atoms with Gasteiger partial charge in [0.25, 0.3) is 5.91 Å². The molecule has 0 spiro atoms. The molecule has 1 unspecified atom stereocenters. The Hall–Kier alpha value is -4.23. The predicted octanol–water partition coefficient (Wildman–Crippen LogP) is 6.57. The quantitative estimate of drug-likeness (QED) is 0.222. The van der Waals surface area contributed by atoms with E-state index in [9.17, 15) is 9.59 Å². The van der Waals surface area contributed by atoms with Crippen molar-refractivity contribution in [3.05, 3.63) is 115 Å². The third-order valence-corrected chi connectivity index (χ3v) is 6.56. The zero-order valence-electron chi connectivity index (χ0n) is 20.4. The van der Waals surface area contributed by atoms with Crippen molar-refractivity contribution in [3.63, 3.8) is 0 Å². The fraction of sp³-hybridized carbons (Fsp3) is 0.133. The molecule has 2 amide bonds. The molecule has 0 saturated carbocycles. The summed E-state index contributed by atoms with van der Waals surface area (Å²) in [6.45, 7) is 2.33. The van der Waals surface area contributed by atoms with Gasteiger partial charge in [-0.25, -0.2) is 0 Å². The number of anilines is 2. The zero-order valence-corrected chi connectivity index (χ0v) is 21.2. The molecule has 1 atom stereocenters. The molecule has 0 bridgehead atoms. The number of amides is 2. The maximum Gasteiger partial charge on any atom is 0.262 e. The lowest BCUT2D eigenvalue weighted by Crippen LogP contribution is -2.20. The average molecular weight is 513 g/mol. The van der Waals surface area contributed by atoms with Crippen molar-refractivity contribution in [3.8, 4) is 11.5 Å². The summed E-state index contributed by atoms with van der Waals surface area (Å²) in [4.78, 5) is 26.6. The Labute approximate surface area is 221 Å². The van der Waals surface area contributed by atoms with E-state index < -0.39 is 5.25 Å². The molecular weight excluding hydrogens is 484 g/mol. The minimum Gasteiger partial charge on any atom is -0.492 e. The van der Waals surface area contributed by atoms with Crippen LogP contribution in [-0.4, -0.2) is 25.0 Å². The number of carbonyl (C=O) groups is 2. The molecule has 0 aliphatic heterocycles. The summed E-state index contributed by atoms with van der Waals surface area (Å²) < 4.78 is 11.2. The highest BCUT2D eigenvalue weighted by Gasteiger charge is 2.23. The van der Waals surface area contributed by atoms with Crippen molar-refractivity contribution in [2.45, 2.75) is 17.1 Å². The standard InChI is InChI=1S/C30H28N2O4S/c1-2-35-27-16-10-9-15-26(27)32-30(34)29(22-11-5-3-6-12-22)37-25-19-17-23(18-20-25)31-28(33)21-36-24-13-7-4-8-14-24/h3-20,29H,2,21H2,1H3,(H,31,33)(H,32,34). The lowest BCUT2D eigenvalue weighted by atomic mass is 10.1. The lowest BCUT2D eigenvalue weighted by Gasteiger charge is -2.19. The van der Waals surface area contributed by atoms with Crippen LogP contribution in [0.2, 0.25) is 0 Å². The minimum atomic E-state index is -0.490. The maximum absolute atomic E-state index is 13.4. The number of rotatable bonds is 11. The summed E-state index contributed by atoms with van der Waals surface area (Å²) in [7, 11) is 0. The van der Waals surface area contributed by atoms with E-state index in [0.717, 1.165) is 10.5 Å². The first-order valence-corrected chi connectivity index (χ1v) is 12.8. The minimum absolute atomic E-state index is 0.0833. The van der Waals surface area contributed by atoms with Crippen molar-refractivity contribution in [2.24, 2.45) is 0 Å². The summed E-state index contributed by atoms with van der Waals surface area (Å²) in [5.74, 6) is 0.863. The maximum atomic E-state index is 13.4. The SMILES string of the molecule is CCOc1ccccc1NC(=O)C(Sc1ccc(NC(=O)COc2ccccc2)cc1)c1ccccc1. The van der Waals surface area contributed by atoms with E-state index in [-0.39, 0.29) is 18.4 Å². The molecule has 0 aromatic heterocycles. The monoisotopic (exact) mass is 512 g/mol. The van der Waals surface area contributed by atoms with Crippen molar-refractivity contribution < 1.29 is 19.1 Å². The summed E-state index contributed by atoms with van der Waals surface area (Å²) in [5, 5.41) is 5.36. The number of benzene rings is 4. The Balaban J connectivity index is 1.42. The van der Waals surface area contributed by atoms with Crippen LogP contribution in [0.25, 0.3) is 0 Å². The average Bonchev–Trinajstić information content (AvgIpc) is 2.94. The Morgan fingerprint density at radius 2 is 1.41 bits per heavy atom. The van der Waals surface area contributed by atoms with Crippen LogP contribution in [0.5, 0.6) is 11.5 Å². The van der Waals surface area contributed by atoms with Crippen LogP contribution in [0.1, 0.15) is 17.7 Å². The van der Waals surface area contributed by atoms with Gasteiger partial charge in [-0.3, -0.25) is 9.59 Å². The van der Waals surface area contributed by atoms with Crippen molar-refractivity contribution in [2.75, 3.05) is 23.8 Å². The molecule has 0 saturated heterocycles. The molecule has 0 radical (unpaired) electrons. The molecule has 4 aromatic rings. The fourth-order valence-electron chi connectivity index (χ4n) is 3.57. The Kier molecular flexibility index (Phi) is 9.21. The molecule has 0 aliphatic carbocycles. The third-order valence-electron chi connectivity index (χ3n) is 5.29. The summed E-state index contributed by atoms with van der Waals surface area (Å²) in [6, 6.07) is 33.6. The van der Waals surface area contributed by atoms with Crippen LogP contribution in [0.4, 0.5) is 11.4 Å². The van der Waals surface area contributed by atoms with Gasteiger partial charge < -0.3 is 20.1 Å². The van der Waals surface area contributed by atoms with E-state index in [1.807, 2.05) is 104 Å². The molecule has 7 heteroatoms. The Morgan fingerprint density at radius 1 is 0.757 bits per heavy atom. The highest BCUT2D eigenvalue weighted by atomic mass is 32.2. The second kappa shape index (κ2) is 13.2. The van der Waals surface area contributed by atoms with Gasteiger partial charge in [0.05, 0.1) is 12.3 Å². The van der Waals surface area contributed by atoms with Gasteiger partial charge in [0.15, 0.2) is 6.61 Å². The molecule has 188 valence electrons. The molecule has 37 heavy (non-hydrogen) atoms. The Bertz CT molecular complexity index is 1300. The number of nitrogens with one attached hydrogen (secondary N) is 2. The van der Waals surface area contributed by atoms with E-state index in [0.29, 0.717) is 29.5 Å². The van der Waals surface area contributed by atoms with Crippen molar-refractivity contribution in [1.29, 1.82) is 0 Å². The van der Waals surface area contributed by atoms with Gasteiger partial charge in [-0.2, -0.15) is 0 Å². The molecule has 6 nitrogen and oxygen atoms in total. The second-order valence-corrected chi connectivity index (χ2v) is 9.18. The first kappa shape index (κ1) is 25.9. The number of thioether (sulfide) groups is 1. The van der Waals surface area contributed by atoms with Crippen LogP contribution < -0.4 is 20.1 Å². The lowest BCUT2D eigenvalue weighted by molar-refractivity contribution is -0.118. The van der Waals surface area contributed by atoms with Crippen molar-refractivity contribution in [1.82, 2.24) is 0 Å². The highest BCUT2D eigenvalue weighted by molar-refractivity contribution is 8.00. The van der Waals surface area contributed by atoms with E-state index in [1.165, 1.54) is 11.8 Å². The molecule has 4 aromatic carbocycles. The van der Waals surface area contributed by atoms with Gasteiger partial charge in [0.2, 0.25) is 5.91 Å². The van der Waals surface area contributed by atoms with Gasteiger partial charge in [0, 0.05) is 10.6 Å². The number of carbonyl (C=O) groups excluding carboxylic acids is 2. The molecular formula is C30H28N2O4S. The van der Waals surface area contributed by atoms with Gasteiger partial charge in [-0.1, -0.05) is 60.7 Å². The van der Waals surface area contributed by atoms with Crippen LogP contribution >= 0.6 is 11.8 Å². The van der Waals surface area contributed by atoms with Crippen molar-refractivity contribution >= 4 is 35.0 Å².